The van der Waals surface area contributed by atoms with Gasteiger partial charge < -0.3 is 9.80 Å². The molecule has 0 aliphatic carbocycles. The van der Waals surface area contributed by atoms with Gasteiger partial charge in [0.25, 0.3) is 15.9 Å². The number of sulfonamides is 1. The lowest BCUT2D eigenvalue weighted by Gasteiger charge is -2.33. The predicted molar refractivity (Wildman–Crippen MR) is 142 cm³/mol. The Labute approximate surface area is 215 Å². The molecule has 0 spiro atoms. The fourth-order valence-corrected chi connectivity index (χ4v) is 7.30. The summed E-state index contributed by atoms with van der Waals surface area (Å²) in [6, 6.07) is 14.1. The van der Waals surface area contributed by atoms with Gasteiger partial charge in [-0.1, -0.05) is 43.1 Å². The maximum Gasteiger partial charge on any atom is 0.253 e. The average molecular weight is 533 g/mol. The number of amides is 1. The summed E-state index contributed by atoms with van der Waals surface area (Å²) in [5.41, 5.74) is 1.30. The Kier molecular flexibility index (Phi) is 7.80. The second kappa shape index (κ2) is 10.7. The summed E-state index contributed by atoms with van der Waals surface area (Å²) in [6.45, 7) is 4.08. The molecule has 1 saturated heterocycles. The van der Waals surface area contributed by atoms with Gasteiger partial charge in [0.1, 0.15) is 10.0 Å². The van der Waals surface area contributed by atoms with Crippen LogP contribution < -0.4 is 0 Å². The molecule has 3 aromatic rings. The molecule has 4 rings (SSSR count). The first-order valence-corrected chi connectivity index (χ1v) is 14.2. The number of halogens is 1. The lowest BCUT2D eigenvalue weighted by molar-refractivity contribution is 0.0698. The van der Waals surface area contributed by atoms with Crippen LogP contribution in [0.5, 0.6) is 0 Å². The standard InChI is InChI=1S/C25H29ClN4O3S2/c1-3-4-11-28(2)24(27)18-5-7-19(8-6-18)25(31)29-12-14-30(15-13-29)35(32,33)23-16-20-9-10-21(26)17-22(20)34-23/h5-10,16-17,27H,3-4,11-15H2,1-2H3. The minimum Gasteiger partial charge on any atom is -0.360 e. The van der Waals surface area contributed by atoms with Crippen molar-refractivity contribution in [2.45, 2.75) is 24.0 Å². The van der Waals surface area contributed by atoms with E-state index in [0.717, 1.165) is 35.0 Å². The molecule has 1 N–H and O–H groups in total. The van der Waals surface area contributed by atoms with Gasteiger partial charge in [-0.25, -0.2) is 8.42 Å². The number of thiophene rings is 1. The summed E-state index contributed by atoms with van der Waals surface area (Å²) < 4.78 is 28.9. The van der Waals surface area contributed by atoms with E-state index in [1.54, 1.807) is 47.4 Å². The third-order valence-corrected chi connectivity index (χ3v) is 9.89. The highest BCUT2D eigenvalue weighted by atomic mass is 35.5. The molecule has 1 amide bonds. The molecule has 10 heteroatoms. The molecule has 0 saturated carbocycles. The highest BCUT2D eigenvalue weighted by Crippen LogP contribution is 2.33. The van der Waals surface area contributed by atoms with Crippen molar-refractivity contribution >= 4 is 54.8 Å². The lowest BCUT2D eigenvalue weighted by atomic mass is 10.1. The normalized spacial score (nSPS) is 14.9. The highest BCUT2D eigenvalue weighted by Gasteiger charge is 2.31. The lowest BCUT2D eigenvalue weighted by Crippen LogP contribution is -2.50. The number of rotatable bonds is 7. The molecule has 1 aliphatic rings. The molecule has 0 radical (unpaired) electrons. The minimum absolute atomic E-state index is 0.129. The van der Waals surface area contributed by atoms with E-state index in [4.69, 9.17) is 17.0 Å². The number of hydrogen-bond acceptors (Lipinski definition) is 5. The number of hydrogen-bond donors (Lipinski definition) is 1. The van der Waals surface area contributed by atoms with Gasteiger partial charge in [-0.2, -0.15) is 4.31 Å². The molecular weight excluding hydrogens is 504 g/mol. The first kappa shape index (κ1) is 25.6. The van der Waals surface area contributed by atoms with Crippen LogP contribution >= 0.6 is 22.9 Å². The first-order valence-electron chi connectivity index (χ1n) is 11.6. The van der Waals surface area contributed by atoms with Crippen LogP contribution in [0.2, 0.25) is 5.02 Å². The van der Waals surface area contributed by atoms with Crippen molar-refractivity contribution in [1.82, 2.24) is 14.1 Å². The number of carbonyl (C=O) groups excluding carboxylic acids is 1. The van der Waals surface area contributed by atoms with E-state index >= 15 is 0 Å². The molecule has 0 bridgehead atoms. The second-order valence-electron chi connectivity index (χ2n) is 8.64. The van der Waals surface area contributed by atoms with E-state index in [-0.39, 0.29) is 23.2 Å². The van der Waals surface area contributed by atoms with E-state index in [9.17, 15) is 13.2 Å². The molecule has 1 aromatic heterocycles. The van der Waals surface area contributed by atoms with Crippen molar-refractivity contribution in [2.75, 3.05) is 39.8 Å². The number of nitrogens with zero attached hydrogens (tertiary/aromatic N) is 3. The SMILES string of the molecule is CCCCN(C)C(=N)c1ccc(C(=O)N2CCN(S(=O)(=O)c3cc4ccc(Cl)cc4s3)CC2)cc1. The smallest absolute Gasteiger partial charge is 0.253 e. The third-order valence-electron chi connectivity index (χ3n) is 6.21. The van der Waals surface area contributed by atoms with Crippen molar-refractivity contribution in [2.24, 2.45) is 0 Å². The van der Waals surface area contributed by atoms with Crippen LogP contribution in [-0.2, 0) is 10.0 Å². The Balaban J connectivity index is 1.39. The molecule has 2 aromatic carbocycles. The summed E-state index contributed by atoms with van der Waals surface area (Å²) in [7, 11) is -1.74. The number of benzene rings is 2. The summed E-state index contributed by atoms with van der Waals surface area (Å²) in [6.07, 6.45) is 2.09. The zero-order chi connectivity index (χ0) is 25.2. The van der Waals surface area contributed by atoms with Crippen LogP contribution in [0.15, 0.2) is 52.7 Å². The van der Waals surface area contributed by atoms with Crippen molar-refractivity contribution in [3.05, 3.63) is 64.7 Å². The van der Waals surface area contributed by atoms with Gasteiger partial charge in [0, 0.05) is 60.6 Å². The maximum atomic E-state index is 13.2. The number of fused-ring (bicyclic) bond motifs is 1. The maximum absolute atomic E-state index is 13.2. The zero-order valence-corrected chi connectivity index (χ0v) is 22.2. The summed E-state index contributed by atoms with van der Waals surface area (Å²) in [5, 5.41) is 9.77. The minimum atomic E-state index is -3.64. The van der Waals surface area contributed by atoms with Crippen molar-refractivity contribution in [3.63, 3.8) is 0 Å². The molecule has 2 heterocycles. The second-order valence-corrected chi connectivity index (χ2v) is 12.3. The van der Waals surface area contributed by atoms with Crippen LogP contribution in [0, 0.1) is 5.41 Å². The molecule has 7 nitrogen and oxygen atoms in total. The number of piperazine rings is 1. The van der Waals surface area contributed by atoms with Crippen LogP contribution in [0.1, 0.15) is 35.7 Å². The Hall–Kier alpha value is -2.46. The quantitative estimate of drug-likeness (QED) is 0.351. The van der Waals surface area contributed by atoms with Crippen molar-refractivity contribution in [3.8, 4) is 0 Å². The zero-order valence-electron chi connectivity index (χ0n) is 19.8. The Morgan fingerprint density at radius 2 is 1.71 bits per heavy atom. The molecule has 0 atom stereocenters. The van der Waals surface area contributed by atoms with Gasteiger partial charge >= 0.3 is 0 Å². The Morgan fingerprint density at radius 3 is 2.37 bits per heavy atom. The molecule has 1 aliphatic heterocycles. The number of unbranched alkanes of at least 4 members (excludes halogenated alkanes) is 1. The fraction of sp³-hybridized carbons (Fsp3) is 0.360. The molecule has 35 heavy (non-hydrogen) atoms. The first-order chi connectivity index (χ1) is 16.7. The summed E-state index contributed by atoms with van der Waals surface area (Å²) in [5.74, 6) is 0.302. The monoisotopic (exact) mass is 532 g/mol. The topological polar surface area (TPSA) is 84.8 Å². The van der Waals surface area contributed by atoms with Crippen LogP contribution in [0.4, 0.5) is 0 Å². The predicted octanol–water partition coefficient (Wildman–Crippen LogP) is 4.76. The average Bonchev–Trinajstić information content (AvgIpc) is 3.30. The van der Waals surface area contributed by atoms with Gasteiger partial charge in [-0.3, -0.25) is 10.2 Å². The van der Waals surface area contributed by atoms with Crippen molar-refractivity contribution in [1.29, 1.82) is 5.41 Å². The molecule has 186 valence electrons. The number of carbonyl (C=O) groups is 1. The highest BCUT2D eigenvalue weighted by molar-refractivity contribution is 7.91. The molecule has 0 unspecified atom stereocenters. The largest absolute Gasteiger partial charge is 0.360 e. The number of amidine groups is 1. The van der Waals surface area contributed by atoms with Gasteiger partial charge in [0.2, 0.25) is 0 Å². The van der Waals surface area contributed by atoms with Crippen LogP contribution in [0.3, 0.4) is 0 Å². The van der Waals surface area contributed by atoms with Crippen LogP contribution in [0.25, 0.3) is 10.1 Å². The van der Waals surface area contributed by atoms with E-state index < -0.39 is 10.0 Å². The Bertz CT molecular complexity index is 1330. The van der Waals surface area contributed by atoms with E-state index in [2.05, 4.69) is 6.92 Å². The third kappa shape index (κ3) is 5.53. The van der Waals surface area contributed by atoms with E-state index in [0.29, 0.717) is 29.5 Å². The van der Waals surface area contributed by atoms with Crippen LogP contribution in [-0.4, -0.2) is 74.0 Å². The van der Waals surface area contributed by atoms with E-state index in [1.165, 1.54) is 15.6 Å². The van der Waals surface area contributed by atoms with Gasteiger partial charge in [0.15, 0.2) is 0 Å². The van der Waals surface area contributed by atoms with Gasteiger partial charge in [-0.15, -0.1) is 11.3 Å². The fourth-order valence-electron chi connectivity index (χ4n) is 4.05. The summed E-state index contributed by atoms with van der Waals surface area (Å²) in [4.78, 5) is 16.6. The van der Waals surface area contributed by atoms with Gasteiger partial charge in [0.05, 0.1) is 0 Å². The Morgan fingerprint density at radius 1 is 1.06 bits per heavy atom. The summed E-state index contributed by atoms with van der Waals surface area (Å²) >= 11 is 7.25. The molecule has 1 fully saturated rings. The van der Waals surface area contributed by atoms with Gasteiger partial charge in [-0.05, 0) is 42.1 Å². The van der Waals surface area contributed by atoms with Crippen molar-refractivity contribution < 1.29 is 13.2 Å². The number of nitrogens with one attached hydrogen (secondary N) is 1. The van der Waals surface area contributed by atoms with E-state index in [1.807, 2.05) is 18.0 Å². The molecular formula is C25H29ClN4O3S2.